The SMILES string of the molecule is CC(=O)C(CCS(=O)CCC(C(C)=O)c1ccc(CC(C)C)cc1)c1ccc(CC(C)C)cc1. The molecule has 34 heavy (non-hydrogen) atoms. The smallest absolute Gasteiger partial charge is 0.137 e. The van der Waals surface area contributed by atoms with Gasteiger partial charge in [-0.15, -0.1) is 0 Å². The molecule has 0 aliphatic carbocycles. The third kappa shape index (κ3) is 9.29. The quantitative estimate of drug-likeness (QED) is 0.303. The average molecular weight is 483 g/mol. The highest BCUT2D eigenvalue weighted by molar-refractivity contribution is 7.84. The summed E-state index contributed by atoms with van der Waals surface area (Å²) in [7, 11) is -1.07. The van der Waals surface area contributed by atoms with Gasteiger partial charge >= 0.3 is 0 Å². The van der Waals surface area contributed by atoms with Gasteiger partial charge in [-0.3, -0.25) is 13.8 Å². The average Bonchev–Trinajstić information content (AvgIpc) is 2.75. The first-order valence-corrected chi connectivity index (χ1v) is 14.1. The van der Waals surface area contributed by atoms with Crippen molar-refractivity contribution in [3.8, 4) is 0 Å². The Hall–Kier alpha value is -2.07. The molecule has 0 aliphatic heterocycles. The molecule has 186 valence electrons. The minimum absolute atomic E-state index is 0.108. The Balaban J connectivity index is 1.94. The molecular formula is C30H42O3S. The summed E-state index contributed by atoms with van der Waals surface area (Å²) in [4.78, 5) is 24.6. The predicted molar refractivity (Wildman–Crippen MR) is 144 cm³/mol. The minimum Gasteiger partial charge on any atom is -0.299 e. The van der Waals surface area contributed by atoms with E-state index in [4.69, 9.17) is 0 Å². The van der Waals surface area contributed by atoms with E-state index >= 15 is 0 Å². The number of rotatable bonds is 14. The lowest BCUT2D eigenvalue weighted by Crippen LogP contribution is -2.17. The molecule has 0 N–H and O–H groups in total. The number of hydrogen-bond acceptors (Lipinski definition) is 3. The Kier molecular flexibility index (Phi) is 11.4. The van der Waals surface area contributed by atoms with Crippen LogP contribution in [0.3, 0.4) is 0 Å². The Morgan fingerprint density at radius 1 is 0.647 bits per heavy atom. The molecular weight excluding hydrogens is 440 g/mol. The second-order valence-corrected chi connectivity index (χ2v) is 12.1. The molecule has 0 spiro atoms. The summed E-state index contributed by atoms with van der Waals surface area (Å²) in [5.74, 6) is 1.88. The molecule has 2 unspecified atom stereocenters. The zero-order valence-electron chi connectivity index (χ0n) is 21.8. The lowest BCUT2D eigenvalue weighted by atomic mass is 9.91. The maximum Gasteiger partial charge on any atom is 0.137 e. The largest absolute Gasteiger partial charge is 0.299 e. The Morgan fingerprint density at radius 2 is 0.971 bits per heavy atom. The molecule has 4 heteroatoms. The van der Waals surface area contributed by atoms with Crippen LogP contribution in [0, 0.1) is 11.8 Å². The van der Waals surface area contributed by atoms with E-state index < -0.39 is 10.8 Å². The molecule has 0 radical (unpaired) electrons. The normalized spacial score (nSPS) is 14.2. The number of benzene rings is 2. The molecule has 0 saturated heterocycles. The lowest BCUT2D eigenvalue weighted by Gasteiger charge is -2.17. The van der Waals surface area contributed by atoms with E-state index in [0.29, 0.717) is 36.2 Å². The van der Waals surface area contributed by atoms with Crippen LogP contribution in [-0.2, 0) is 33.2 Å². The Bertz CT molecular complexity index is 865. The van der Waals surface area contributed by atoms with E-state index in [1.165, 1.54) is 11.1 Å². The van der Waals surface area contributed by atoms with Gasteiger partial charge in [0.2, 0.25) is 0 Å². The van der Waals surface area contributed by atoms with Gasteiger partial charge in [0.1, 0.15) is 11.6 Å². The molecule has 2 aromatic carbocycles. The van der Waals surface area contributed by atoms with Gasteiger partial charge in [-0.25, -0.2) is 0 Å². The molecule has 0 fully saturated rings. The highest BCUT2D eigenvalue weighted by atomic mass is 32.2. The summed E-state index contributed by atoms with van der Waals surface area (Å²) >= 11 is 0. The summed E-state index contributed by atoms with van der Waals surface area (Å²) in [5.41, 5.74) is 4.55. The molecule has 3 nitrogen and oxygen atoms in total. The maximum absolute atomic E-state index is 12.8. The van der Waals surface area contributed by atoms with Gasteiger partial charge in [-0.1, -0.05) is 76.2 Å². The van der Waals surface area contributed by atoms with Crippen molar-refractivity contribution >= 4 is 22.4 Å². The van der Waals surface area contributed by atoms with E-state index in [-0.39, 0.29) is 23.4 Å². The zero-order valence-corrected chi connectivity index (χ0v) is 22.6. The van der Waals surface area contributed by atoms with Crippen LogP contribution >= 0.6 is 0 Å². The monoisotopic (exact) mass is 482 g/mol. The Labute approximate surface area is 209 Å². The summed E-state index contributed by atoms with van der Waals surface area (Å²) in [6.45, 7) is 12.0. The molecule has 2 rings (SSSR count). The summed E-state index contributed by atoms with van der Waals surface area (Å²) in [5, 5.41) is 0. The molecule has 0 aliphatic rings. The summed E-state index contributed by atoms with van der Waals surface area (Å²) in [6, 6.07) is 16.6. The second kappa shape index (κ2) is 13.7. The number of hydrogen-bond donors (Lipinski definition) is 0. The van der Waals surface area contributed by atoms with Gasteiger partial charge in [0.25, 0.3) is 0 Å². The van der Waals surface area contributed by atoms with E-state index in [0.717, 1.165) is 24.0 Å². The summed E-state index contributed by atoms with van der Waals surface area (Å²) in [6.07, 6.45) is 3.18. The highest BCUT2D eigenvalue weighted by Crippen LogP contribution is 2.25. The number of carbonyl (C=O) groups excluding carboxylic acids is 2. The van der Waals surface area contributed by atoms with E-state index in [2.05, 4.69) is 52.0 Å². The first-order chi connectivity index (χ1) is 16.1. The van der Waals surface area contributed by atoms with Crippen molar-refractivity contribution in [2.24, 2.45) is 11.8 Å². The van der Waals surface area contributed by atoms with Crippen molar-refractivity contribution in [3.63, 3.8) is 0 Å². The lowest BCUT2D eigenvalue weighted by molar-refractivity contribution is -0.119. The molecule has 2 atom stereocenters. The molecule has 0 aromatic heterocycles. The van der Waals surface area contributed by atoms with E-state index in [1.807, 2.05) is 24.3 Å². The topological polar surface area (TPSA) is 51.2 Å². The van der Waals surface area contributed by atoms with Crippen molar-refractivity contribution in [3.05, 3.63) is 70.8 Å². The van der Waals surface area contributed by atoms with Crippen molar-refractivity contribution in [2.75, 3.05) is 11.5 Å². The van der Waals surface area contributed by atoms with Gasteiger partial charge in [0.15, 0.2) is 0 Å². The fourth-order valence-corrected chi connectivity index (χ4v) is 5.73. The molecule has 0 amide bonds. The van der Waals surface area contributed by atoms with Crippen LogP contribution in [0.15, 0.2) is 48.5 Å². The van der Waals surface area contributed by atoms with Crippen LogP contribution < -0.4 is 0 Å². The third-order valence-corrected chi connectivity index (χ3v) is 7.68. The van der Waals surface area contributed by atoms with Crippen LogP contribution in [-0.4, -0.2) is 27.3 Å². The fraction of sp³-hybridized carbons (Fsp3) is 0.533. The minimum atomic E-state index is -1.07. The summed E-state index contributed by atoms with van der Waals surface area (Å²) < 4.78 is 12.8. The van der Waals surface area contributed by atoms with Gasteiger partial charge in [0.05, 0.1) is 0 Å². The van der Waals surface area contributed by atoms with Gasteiger partial charge < -0.3 is 0 Å². The van der Waals surface area contributed by atoms with Gasteiger partial charge in [-0.2, -0.15) is 0 Å². The van der Waals surface area contributed by atoms with Gasteiger partial charge in [-0.05, 0) is 73.6 Å². The first-order valence-electron chi connectivity index (χ1n) is 12.6. The molecule has 0 heterocycles. The number of Topliss-reactive ketones (excluding diaryl/α,β-unsaturated/α-hetero) is 2. The van der Waals surface area contributed by atoms with Crippen molar-refractivity contribution in [1.29, 1.82) is 0 Å². The van der Waals surface area contributed by atoms with Crippen molar-refractivity contribution in [1.82, 2.24) is 0 Å². The standard InChI is InChI=1S/C30H42O3S/c1-21(2)19-25-7-11-27(12-8-25)29(23(5)31)15-17-34(33)18-16-30(24(6)32)28-13-9-26(10-14-28)20-22(3)4/h7-14,21-22,29-30H,15-20H2,1-6H3. The third-order valence-electron chi connectivity index (χ3n) is 6.30. The second-order valence-electron chi connectivity index (χ2n) is 10.4. The van der Waals surface area contributed by atoms with Crippen LogP contribution in [0.25, 0.3) is 0 Å². The number of carbonyl (C=O) groups is 2. The van der Waals surface area contributed by atoms with E-state index in [9.17, 15) is 13.8 Å². The molecule has 2 aromatic rings. The van der Waals surface area contributed by atoms with Crippen LogP contribution in [0.5, 0.6) is 0 Å². The fourth-order valence-electron chi connectivity index (χ4n) is 4.52. The van der Waals surface area contributed by atoms with Crippen LogP contribution in [0.4, 0.5) is 0 Å². The van der Waals surface area contributed by atoms with Crippen LogP contribution in [0.1, 0.15) is 88.5 Å². The van der Waals surface area contributed by atoms with Crippen molar-refractivity contribution in [2.45, 2.75) is 79.1 Å². The molecule has 0 saturated carbocycles. The number of ketones is 2. The zero-order chi connectivity index (χ0) is 25.3. The van der Waals surface area contributed by atoms with Crippen molar-refractivity contribution < 1.29 is 13.8 Å². The van der Waals surface area contributed by atoms with Gasteiger partial charge in [0, 0.05) is 34.1 Å². The van der Waals surface area contributed by atoms with E-state index in [1.54, 1.807) is 13.8 Å². The maximum atomic E-state index is 12.8. The predicted octanol–water partition coefficient (Wildman–Crippen LogP) is 6.66. The Morgan fingerprint density at radius 3 is 1.24 bits per heavy atom. The van der Waals surface area contributed by atoms with Crippen LogP contribution in [0.2, 0.25) is 0 Å². The first kappa shape index (κ1) is 28.2. The highest BCUT2D eigenvalue weighted by Gasteiger charge is 2.21. The molecule has 0 bridgehead atoms.